The molecule has 6 nitrogen and oxygen atoms in total. The minimum atomic E-state index is -0.396. The van der Waals surface area contributed by atoms with Crippen LogP contribution in [0.4, 0.5) is 0 Å². The highest BCUT2D eigenvalue weighted by atomic mass is 16.3. The monoisotopic (exact) mass is 286 g/mol. The maximum absolute atomic E-state index is 12.1. The molecule has 3 rings (SSSR count). The number of aromatic nitrogens is 2. The number of benzene rings is 1. The molecular weight excluding hydrogens is 268 g/mol. The van der Waals surface area contributed by atoms with Crippen LogP contribution in [0.25, 0.3) is 11.3 Å². The first-order chi connectivity index (χ1) is 10.2. The summed E-state index contributed by atoms with van der Waals surface area (Å²) < 4.78 is 0. The fourth-order valence-electron chi connectivity index (χ4n) is 2.44. The molecule has 4 N–H and O–H groups in total. The van der Waals surface area contributed by atoms with E-state index in [1.807, 2.05) is 30.3 Å². The molecule has 1 aromatic heterocycles. The van der Waals surface area contributed by atoms with Gasteiger partial charge < -0.3 is 15.7 Å². The molecule has 1 amide bonds. The van der Waals surface area contributed by atoms with Gasteiger partial charge in [-0.25, -0.2) is 0 Å². The third kappa shape index (κ3) is 3.12. The number of β-amino-alcohol motifs (C(OH)–C–C–N with tert-alkyl or cyclic N) is 1. The lowest BCUT2D eigenvalue weighted by Crippen LogP contribution is -2.34. The lowest BCUT2D eigenvalue weighted by molar-refractivity contribution is 0.0922. The Balaban J connectivity index is 1.62. The first-order valence-electron chi connectivity index (χ1n) is 7.02. The SMILES string of the molecule is O=C(NCC1CNCC1O)c1cc(-c2ccccc2)n[nH]1. The van der Waals surface area contributed by atoms with E-state index in [1.54, 1.807) is 6.07 Å². The van der Waals surface area contributed by atoms with Crippen molar-refractivity contribution in [1.29, 1.82) is 0 Å². The summed E-state index contributed by atoms with van der Waals surface area (Å²) in [5, 5.41) is 22.5. The average Bonchev–Trinajstić information content (AvgIpc) is 3.15. The molecule has 0 bridgehead atoms. The van der Waals surface area contributed by atoms with Gasteiger partial charge in [0.15, 0.2) is 0 Å². The van der Waals surface area contributed by atoms with E-state index in [0.717, 1.165) is 17.8 Å². The number of aromatic amines is 1. The van der Waals surface area contributed by atoms with Crippen LogP contribution in [0.3, 0.4) is 0 Å². The van der Waals surface area contributed by atoms with E-state index in [0.29, 0.717) is 18.8 Å². The van der Waals surface area contributed by atoms with Gasteiger partial charge in [0, 0.05) is 31.1 Å². The minimum Gasteiger partial charge on any atom is -0.391 e. The molecular formula is C15H18N4O2. The number of H-pyrrole nitrogens is 1. The first kappa shape index (κ1) is 13.8. The predicted molar refractivity (Wildman–Crippen MR) is 78.7 cm³/mol. The van der Waals surface area contributed by atoms with E-state index in [1.165, 1.54) is 0 Å². The Morgan fingerprint density at radius 2 is 2.14 bits per heavy atom. The number of hydrogen-bond acceptors (Lipinski definition) is 4. The van der Waals surface area contributed by atoms with Crippen LogP contribution in [0.2, 0.25) is 0 Å². The van der Waals surface area contributed by atoms with Crippen LogP contribution in [0.5, 0.6) is 0 Å². The summed E-state index contributed by atoms with van der Waals surface area (Å²) >= 11 is 0. The molecule has 2 unspecified atom stereocenters. The topological polar surface area (TPSA) is 90.0 Å². The Hall–Kier alpha value is -2.18. The molecule has 0 radical (unpaired) electrons. The standard InChI is InChI=1S/C15H18N4O2/c20-14-9-16-7-11(14)8-17-15(21)13-6-12(18-19-13)10-4-2-1-3-5-10/h1-6,11,14,16,20H,7-9H2,(H,17,21)(H,18,19). The van der Waals surface area contributed by atoms with Crippen LogP contribution in [-0.4, -0.2) is 46.9 Å². The van der Waals surface area contributed by atoms with Crippen molar-refractivity contribution >= 4 is 5.91 Å². The molecule has 0 aliphatic carbocycles. The zero-order chi connectivity index (χ0) is 14.7. The van der Waals surface area contributed by atoms with Gasteiger partial charge in [-0.15, -0.1) is 0 Å². The largest absolute Gasteiger partial charge is 0.391 e. The fourth-order valence-corrected chi connectivity index (χ4v) is 2.44. The third-order valence-electron chi connectivity index (χ3n) is 3.72. The maximum atomic E-state index is 12.1. The van der Waals surface area contributed by atoms with Crippen molar-refractivity contribution < 1.29 is 9.90 Å². The van der Waals surface area contributed by atoms with Crippen molar-refractivity contribution in [2.24, 2.45) is 5.92 Å². The highest BCUT2D eigenvalue weighted by Crippen LogP contribution is 2.16. The van der Waals surface area contributed by atoms with Crippen molar-refractivity contribution in [3.8, 4) is 11.3 Å². The van der Waals surface area contributed by atoms with Crippen molar-refractivity contribution in [3.63, 3.8) is 0 Å². The van der Waals surface area contributed by atoms with Gasteiger partial charge >= 0.3 is 0 Å². The molecule has 21 heavy (non-hydrogen) atoms. The number of amides is 1. The number of carbonyl (C=O) groups is 1. The second kappa shape index (κ2) is 6.07. The van der Waals surface area contributed by atoms with Crippen molar-refractivity contribution in [1.82, 2.24) is 20.8 Å². The molecule has 0 saturated carbocycles. The quantitative estimate of drug-likeness (QED) is 0.654. The second-order valence-electron chi connectivity index (χ2n) is 5.23. The van der Waals surface area contributed by atoms with Crippen LogP contribution in [0.15, 0.2) is 36.4 Å². The number of aliphatic hydroxyl groups excluding tert-OH is 1. The second-order valence-corrected chi connectivity index (χ2v) is 5.23. The molecule has 1 saturated heterocycles. The van der Waals surface area contributed by atoms with Gasteiger partial charge in [0.2, 0.25) is 0 Å². The Morgan fingerprint density at radius 1 is 1.33 bits per heavy atom. The summed E-state index contributed by atoms with van der Waals surface area (Å²) in [6.07, 6.45) is -0.396. The Labute approximate surface area is 122 Å². The zero-order valence-electron chi connectivity index (χ0n) is 11.5. The van der Waals surface area contributed by atoms with E-state index in [9.17, 15) is 9.90 Å². The lowest BCUT2D eigenvalue weighted by atomic mass is 10.1. The van der Waals surface area contributed by atoms with Gasteiger partial charge in [-0.05, 0) is 6.07 Å². The van der Waals surface area contributed by atoms with Crippen molar-refractivity contribution in [3.05, 3.63) is 42.1 Å². The summed E-state index contributed by atoms with van der Waals surface area (Å²) in [5.74, 6) is -0.144. The third-order valence-corrected chi connectivity index (χ3v) is 3.72. The number of carbonyl (C=O) groups excluding carboxylic acids is 1. The molecule has 1 aromatic carbocycles. The van der Waals surface area contributed by atoms with Gasteiger partial charge in [-0.3, -0.25) is 9.89 Å². The minimum absolute atomic E-state index is 0.0606. The lowest BCUT2D eigenvalue weighted by Gasteiger charge is -2.13. The number of nitrogens with zero attached hydrogens (tertiary/aromatic N) is 1. The zero-order valence-corrected chi connectivity index (χ0v) is 11.5. The summed E-state index contributed by atoms with van der Waals surface area (Å²) in [6.45, 7) is 1.76. The molecule has 6 heteroatoms. The number of nitrogens with one attached hydrogen (secondary N) is 3. The summed E-state index contributed by atoms with van der Waals surface area (Å²) in [5.41, 5.74) is 2.13. The van der Waals surface area contributed by atoms with Gasteiger partial charge in [0.1, 0.15) is 5.69 Å². The van der Waals surface area contributed by atoms with Gasteiger partial charge in [-0.1, -0.05) is 30.3 Å². The molecule has 1 fully saturated rings. The van der Waals surface area contributed by atoms with E-state index in [2.05, 4.69) is 20.8 Å². The summed E-state index contributed by atoms with van der Waals surface area (Å²) in [7, 11) is 0. The number of rotatable bonds is 4. The van der Waals surface area contributed by atoms with Crippen molar-refractivity contribution in [2.75, 3.05) is 19.6 Å². The number of hydrogen-bond donors (Lipinski definition) is 4. The summed E-state index contributed by atoms with van der Waals surface area (Å²) in [4.78, 5) is 12.1. The summed E-state index contributed by atoms with van der Waals surface area (Å²) in [6, 6.07) is 11.4. The van der Waals surface area contributed by atoms with Crippen LogP contribution < -0.4 is 10.6 Å². The smallest absolute Gasteiger partial charge is 0.269 e. The van der Waals surface area contributed by atoms with Crippen LogP contribution >= 0.6 is 0 Å². The normalized spacial score (nSPS) is 21.4. The molecule has 2 heterocycles. The Bertz CT molecular complexity index is 611. The van der Waals surface area contributed by atoms with Gasteiger partial charge in [0.25, 0.3) is 5.91 Å². The van der Waals surface area contributed by atoms with Crippen LogP contribution in [-0.2, 0) is 0 Å². The molecule has 1 aliphatic rings. The van der Waals surface area contributed by atoms with E-state index in [4.69, 9.17) is 0 Å². The fraction of sp³-hybridized carbons (Fsp3) is 0.333. The van der Waals surface area contributed by atoms with E-state index < -0.39 is 6.10 Å². The predicted octanol–water partition coefficient (Wildman–Crippen LogP) is 0.387. The highest BCUT2D eigenvalue weighted by Gasteiger charge is 2.25. The average molecular weight is 286 g/mol. The Kier molecular flexibility index (Phi) is 3.98. The van der Waals surface area contributed by atoms with E-state index >= 15 is 0 Å². The van der Waals surface area contributed by atoms with E-state index in [-0.39, 0.29) is 11.8 Å². The first-order valence-corrected chi connectivity index (χ1v) is 7.02. The van der Waals surface area contributed by atoms with Crippen LogP contribution in [0, 0.1) is 5.92 Å². The highest BCUT2D eigenvalue weighted by molar-refractivity contribution is 5.93. The maximum Gasteiger partial charge on any atom is 0.269 e. The molecule has 2 aromatic rings. The van der Waals surface area contributed by atoms with Gasteiger partial charge in [-0.2, -0.15) is 5.10 Å². The molecule has 1 aliphatic heterocycles. The van der Waals surface area contributed by atoms with Gasteiger partial charge in [0.05, 0.1) is 11.8 Å². The number of aliphatic hydroxyl groups is 1. The molecule has 110 valence electrons. The van der Waals surface area contributed by atoms with Crippen molar-refractivity contribution in [2.45, 2.75) is 6.10 Å². The van der Waals surface area contributed by atoms with Crippen LogP contribution in [0.1, 0.15) is 10.5 Å². The Morgan fingerprint density at radius 3 is 2.86 bits per heavy atom. The molecule has 0 spiro atoms. The molecule has 2 atom stereocenters.